The number of hydrogen-bond donors (Lipinski definition) is 1. The van der Waals surface area contributed by atoms with Crippen LogP contribution in [0, 0.1) is 11.8 Å². The van der Waals surface area contributed by atoms with E-state index in [1.165, 1.54) is 5.56 Å². The molecule has 1 saturated carbocycles. The SMILES string of the molecule is CNC(CCc1ccccc1)C1CCC(C(F)(F)F)CC1. The molecule has 0 spiro atoms. The zero-order valence-corrected chi connectivity index (χ0v) is 12.5. The molecule has 0 aliphatic heterocycles. The predicted octanol–water partition coefficient (Wildman–Crippen LogP) is 4.58. The molecule has 1 nitrogen and oxygen atoms in total. The molecular formula is C17H24F3N. The summed E-state index contributed by atoms with van der Waals surface area (Å²) in [4.78, 5) is 0. The number of benzene rings is 1. The van der Waals surface area contributed by atoms with Crippen LogP contribution in [0.1, 0.15) is 37.7 Å². The van der Waals surface area contributed by atoms with Gasteiger partial charge in [0.25, 0.3) is 0 Å². The first-order chi connectivity index (χ1) is 10.0. The van der Waals surface area contributed by atoms with Crippen LogP contribution in [0.2, 0.25) is 0 Å². The molecule has 2 rings (SSSR count). The maximum Gasteiger partial charge on any atom is 0.391 e. The van der Waals surface area contributed by atoms with Gasteiger partial charge in [0.15, 0.2) is 0 Å². The Hall–Kier alpha value is -1.03. The average Bonchev–Trinajstić information content (AvgIpc) is 2.48. The van der Waals surface area contributed by atoms with Gasteiger partial charge in [0.05, 0.1) is 5.92 Å². The summed E-state index contributed by atoms with van der Waals surface area (Å²) in [5, 5.41) is 3.31. The van der Waals surface area contributed by atoms with E-state index < -0.39 is 12.1 Å². The fraction of sp³-hybridized carbons (Fsp3) is 0.647. The Balaban J connectivity index is 1.82. The second-order valence-electron chi connectivity index (χ2n) is 6.07. The standard InChI is InChI=1S/C17H24F3N/c1-21-16(12-7-13-5-3-2-4-6-13)14-8-10-15(11-9-14)17(18,19)20/h2-6,14-16,21H,7-12H2,1H3. The molecule has 0 saturated heterocycles. The third kappa shape index (κ3) is 4.73. The van der Waals surface area contributed by atoms with Crippen molar-refractivity contribution in [3.05, 3.63) is 35.9 Å². The zero-order valence-electron chi connectivity index (χ0n) is 12.5. The lowest BCUT2D eigenvalue weighted by atomic mass is 9.77. The van der Waals surface area contributed by atoms with Crippen molar-refractivity contribution in [3.8, 4) is 0 Å². The lowest BCUT2D eigenvalue weighted by molar-refractivity contribution is -0.184. The van der Waals surface area contributed by atoms with Crippen LogP contribution in [-0.2, 0) is 6.42 Å². The Labute approximate surface area is 124 Å². The van der Waals surface area contributed by atoms with Crippen LogP contribution in [0.15, 0.2) is 30.3 Å². The molecule has 118 valence electrons. The molecule has 1 aliphatic rings. The molecule has 1 N–H and O–H groups in total. The second kappa shape index (κ2) is 7.30. The second-order valence-corrected chi connectivity index (χ2v) is 6.07. The fourth-order valence-corrected chi connectivity index (χ4v) is 3.43. The van der Waals surface area contributed by atoms with E-state index >= 15 is 0 Å². The van der Waals surface area contributed by atoms with Gasteiger partial charge in [-0.05, 0) is 57.1 Å². The van der Waals surface area contributed by atoms with Crippen LogP contribution in [-0.4, -0.2) is 19.3 Å². The molecule has 0 bridgehead atoms. The van der Waals surface area contributed by atoms with Gasteiger partial charge in [-0.1, -0.05) is 30.3 Å². The molecular weight excluding hydrogens is 275 g/mol. The Morgan fingerprint density at radius 1 is 1.10 bits per heavy atom. The highest BCUT2D eigenvalue weighted by Gasteiger charge is 2.42. The molecule has 1 aromatic carbocycles. The van der Waals surface area contributed by atoms with E-state index in [2.05, 4.69) is 17.4 Å². The van der Waals surface area contributed by atoms with E-state index in [1.807, 2.05) is 25.2 Å². The molecule has 1 fully saturated rings. The molecule has 1 aliphatic carbocycles. The Morgan fingerprint density at radius 2 is 1.71 bits per heavy atom. The molecule has 0 aromatic heterocycles. The van der Waals surface area contributed by atoms with Gasteiger partial charge in [0.2, 0.25) is 0 Å². The number of nitrogens with one attached hydrogen (secondary N) is 1. The minimum atomic E-state index is -4.01. The zero-order chi connectivity index (χ0) is 15.3. The smallest absolute Gasteiger partial charge is 0.317 e. The fourth-order valence-electron chi connectivity index (χ4n) is 3.43. The van der Waals surface area contributed by atoms with E-state index in [1.54, 1.807) is 0 Å². The summed E-state index contributed by atoms with van der Waals surface area (Å²) >= 11 is 0. The van der Waals surface area contributed by atoms with Crippen LogP contribution in [0.5, 0.6) is 0 Å². The van der Waals surface area contributed by atoms with Crippen LogP contribution in [0.4, 0.5) is 13.2 Å². The number of hydrogen-bond acceptors (Lipinski definition) is 1. The van der Waals surface area contributed by atoms with Crippen molar-refractivity contribution in [1.29, 1.82) is 0 Å². The normalized spacial score (nSPS) is 24.8. The molecule has 1 atom stereocenters. The van der Waals surface area contributed by atoms with Gasteiger partial charge in [-0.2, -0.15) is 13.2 Å². The molecule has 21 heavy (non-hydrogen) atoms. The van der Waals surface area contributed by atoms with Gasteiger partial charge in [-0.15, -0.1) is 0 Å². The third-order valence-corrected chi connectivity index (χ3v) is 4.76. The van der Waals surface area contributed by atoms with Crippen LogP contribution in [0.3, 0.4) is 0 Å². The highest BCUT2D eigenvalue weighted by molar-refractivity contribution is 5.14. The van der Waals surface area contributed by atoms with Crippen molar-refractivity contribution in [2.45, 2.75) is 50.7 Å². The highest BCUT2D eigenvalue weighted by Crippen LogP contribution is 2.40. The van der Waals surface area contributed by atoms with Crippen molar-refractivity contribution in [1.82, 2.24) is 5.32 Å². The largest absolute Gasteiger partial charge is 0.391 e. The summed E-state index contributed by atoms with van der Waals surface area (Å²) in [7, 11) is 1.92. The van der Waals surface area contributed by atoms with Crippen LogP contribution < -0.4 is 5.32 Å². The average molecular weight is 299 g/mol. The summed E-state index contributed by atoms with van der Waals surface area (Å²) in [5.74, 6) is -0.710. The molecule has 0 radical (unpaired) electrons. The molecule has 0 amide bonds. The van der Waals surface area contributed by atoms with E-state index in [0.29, 0.717) is 24.8 Å². The lowest BCUT2D eigenvalue weighted by Crippen LogP contribution is -2.38. The quantitative estimate of drug-likeness (QED) is 0.839. The maximum atomic E-state index is 12.7. The monoisotopic (exact) mass is 299 g/mol. The molecule has 1 aromatic rings. The maximum absolute atomic E-state index is 12.7. The van der Waals surface area contributed by atoms with Crippen molar-refractivity contribution < 1.29 is 13.2 Å². The van der Waals surface area contributed by atoms with Gasteiger partial charge in [-0.3, -0.25) is 0 Å². The van der Waals surface area contributed by atoms with Gasteiger partial charge >= 0.3 is 6.18 Å². The van der Waals surface area contributed by atoms with Gasteiger partial charge in [-0.25, -0.2) is 0 Å². The molecule has 1 unspecified atom stereocenters. The minimum absolute atomic E-state index is 0.289. The van der Waals surface area contributed by atoms with Crippen molar-refractivity contribution in [3.63, 3.8) is 0 Å². The first-order valence-corrected chi connectivity index (χ1v) is 7.78. The van der Waals surface area contributed by atoms with E-state index in [0.717, 1.165) is 12.8 Å². The van der Waals surface area contributed by atoms with E-state index in [-0.39, 0.29) is 12.8 Å². The van der Waals surface area contributed by atoms with Crippen LogP contribution in [0.25, 0.3) is 0 Å². The number of rotatable bonds is 5. The van der Waals surface area contributed by atoms with Gasteiger partial charge in [0, 0.05) is 6.04 Å². The first-order valence-electron chi connectivity index (χ1n) is 7.78. The summed E-state index contributed by atoms with van der Waals surface area (Å²) in [6.07, 6.45) is -0.0954. The van der Waals surface area contributed by atoms with Crippen LogP contribution >= 0.6 is 0 Å². The summed E-state index contributed by atoms with van der Waals surface area (Å²) < 4.78 is 38.1. The lowest BCUT2D eigenvalue weighted by Gasteiger charge is -2.34. The molecule has 4 heteroatoms. The van der Waals surface area contributed by atoms with E-state index in [9.17, 15) is 13.2 Å². The Morgan fingerprint density at radius 3 is 2.24 bits per heavy atom. The third-order valence-electron chi connectivity index (χ3n) is 4.76. The Bertz CT molecular complexity index is 408. The summed E-state index contributed by atoms with van der Waals surface area (Å²) in [6.45, 7) is 0. The minimum Gasteiger partial charge on any atom is -0.317 e. The Kier molecular flexibility index (Phi) is 5.68. The number of alkyl halides is 3. The van der Waals surface area contributed by atoms with Crippen molar-refractivity contribution >= 4 is 0 Å². The number of halogens is 3. The first kappa shape index (κ1) is 16.3. The van der Waals surface area contributed by atoms with Gasteiger partial charge in [0.1, 0.15) is 0 Å². The summed E-state index contributed by atoms with van der Waals surface area (Å²) in [6, 6.07) is 10.6. The van der Waals surface area contributed by atoms with Crippen molar-refractivity contribution in [2.75, 3.05) is 7.05 Å². The van der Waals surface area contributed by atoms with Crippen molar-refractivity contribution in [2.24, 2.45) is 11.8 Å². The molecule has 0 heterocycles. The topological polar surface area (TPSA) is 12.0 Å². The predicted molar refractivity (Wildman–Crippen MR) is 79.1 cm³/mol. The summed E-state index contributed by atoms with van der Waals surface area (Å²) in [5.41, 5.74) is 1.29. The highest BCUT2D eigenvalue weighted by atomic mass is 19.4. The number of aryl methyl sites for hydroxylation is 1. The van der Waals surface area contributed by atoms with E-state index in [4.69, 9.17) is 0 Å². The van der Waals surface area contributed by atoms with Gasteiger partial charge < -0.3 is 5.32 Å².